The van der Waals surface area contributed by atoms with Crippen molar-refractivity contribution < 1.29 is 19.1 Å². The highest BCUT2D eigenvalue weighted by Gasteiger charge is 2.50. The van der Waals surface area contributed by atoms with Gasteiger partial charge in [0.05, 0.1) is 17.4 Å². The van der Waals surface area contributed by atoms with Gasteiger partial charge in [-0.3, -0.25) is 9.59 Å². The van der Waals surface area contributed by atoms with E-state index in [0.717, 1.165) is 18.4 Å². The summed E-state index contributed by atoms with van der Waals surface area (Å²) in [6.07, 6.45) is 5.94. The Bertz CT molecular complexity index is 599. The van der Waals surface area contributed by atoms with Crippen molar-refractivity contribution in [1.82, 2.24) is 0 Å². The van der Waals surface area contributed by atoms with Crippen molar-refractivity contribution in [3.8, 4) is 0 Å². The maximum atomic E-state index is 12.7. The molecule has 4 heteroatoms. The third-order valence-corrected chi connectivity index (χ3v) is 5.97. The molecule has 0 bridgehead atoms. The molecule has 0 saturated heterocycles. The van der Waals surface area contributed by atoms with Crippen LogP contribution in [0, 0.1) is 16.7 Å². The van der Waals surface area contributed by atoms with E-state index < -0.39 is 10.8 Å². The molecular formula is C26H48O4. The van der Waals surface area contributed by atoms with Crippen LogP contribution < -0.4 is 0 Å². The first-order chi connectivity index (χ1) is 12.2. The van der Waals surface area contributed by atoms with Crippen molar-refractivity contribution in [2.24, 2.45) is 16.7 Å². The summed E-state index contributed by atoms with van der Waals surface area (Å²) in [6.45, 7) is 7.69. The van der Waals surface area contributed by atoms with Gasteiger partial charge in [0, 0.05) is 0 Å². The topological polar surface area (TPSA) is 52.6 Å². The van der Waals surface area contributed by atoms with Crippen LogP contribution in [0.5, 0.6) is 0 Å². The molecule has 0 radical (unpaired) electrons. The first-order valence-electron chi connectivity index (χ1n) is 9.63. The summed E-state index contributed by atoms with van der Waals surface area (Å²) in [5, 5.41) is 0. The van der Waals surface area contributed by atoms with Gasteiger partial charge in [-0.2, -0.15) is 0 Å². The van der Waals surface area contributed by atoms with Crippen molar-refractivity contribution in [2.45, 2.75) is 96.1 Å². The zero-order chi connectivity index (χ0) is 19.2. The Labute approximate surface area is 186 Å². The Morgan fingerprint density at radius 3 is 1.77 bits per heavy atom. The van der Waals surface area contributed by atoms with Gasteiger partial charge in [-0.1, -0.05) is 79.3 Å². The fourth-order valence-electron chi connectivity index (χ4n) is 3.14. The number of carbonyl (C=O) groups is 2. The van der Waals surface area contributed by atoms with Crippen LogP contribution in [0.15, 0.2) is 30.3 Å². The Hall–Kier alpha value is -1.84. The molecule has 1 aromatic carbocycles. The average molecular weight is 425 g/mol. The third-order valence-electron chi connectivity index (χ3n) is 5.97. The minimum absolute atomic E-state index is 0. The molecule has 0 atom stereocenters. The van der Waals surface area contributed by atoms with Crippen LogP contribution in [0.1, 0.15) is 95.1 Å². The number of esters is 2. The Kier molecular flexibility index (Phi) is 15.5. The molecule has 0 spiro atoms. The SMILES string of the molecule is C.C.C.C.CC(C)(C(=O)OCc1ccccc1)C(C)(C)C(=O)OCC1CCCCC1. The second kappa shape index (κ2) is 14.2. The number of carbonyl (C=O) groups excluding carboxylic acids is 2. The van der Waals surface area contributed by atoms with E-state index in [2.05, 4.69) is 0 Å². The molecule has 176 valence electrons. The number of rotatable bonds is 7. The number of hydrogen-bond donors (Lipinski definition) is 0. The number of benzene rings is 1. The van der Waals surface area contributed by atoms with Crippen molar-refractivity contribution in [3.05, 3.63) is 35.9 Å². The lowest BCUT2D eigenvalue weighted by Gasteiger charge is -2.37. The predicted octanol–water partition coefficient (Wildman–Crippen LogP) is 7.45. The second-order valence-electron chi connectivity index (χ2n) is 8.41. The van der Waals surface area contributed by atoms with E-state index in [4.69, 9.17) is 9.47 Å². The summed E-state index contributed by atoms with van der Waals surface area (Å²) in [5.74, 6) is -0.262. The van der Waals surface area contributed by atoms with Gasteiger partial charge in [-0.25, -0.2) is 0 Å². The van der Waals surface area contributed by atoms with Crippen molar-refractivity contribution in [3.63, 3.8) is 0 Å². The molecule has 30 heavy (non-hydrogen) atoms. The first-order valence-corrected chi connectivity index (χ1v) is 9.63. The van der Waals surface area contributed by atoms with E-state index in [1.807, 2.05) is 30.3 Å². The summed E-state index contributed by atoms with van der Waals surface area (Å²) >= 11 is 0. The van der Waals surface area contributed by atoms with Gasteiger partial charge in [0.2, 0.25) is 0 Å². The normalized spacial score (nSPS) is 14.0. The molecule has 1 aliphatic rings. The Morgan fingerprint density at radius 2 is 1.27 bits per heavy atom. The molecule has 4 nitrogen and oxygen atoms in total. The molecule has 2 rings (SSSR count). The molecule has 0 N–H and O–H groups in total. The zero-order valence-corrected chi connectivity index (χ0v) is 16.5. The molecule has 0 heterocycles. The summed E-state index contributed by atoms with van der Waals surface area (Å²) in [7, 11) is 0. The van der Waals surface area contributed by atoms with E-state index >= 15 is 0 Å². The van der Waals surface area contributed by atoms with Gasteiger partial charge < -0.3 is 9.47 Å². The van der Waals surface area contributed by atoms with E-state index in [1.165, 1.54) is 19.3 Å². The largest absolute Gasteiger partial charge is 0.465 e. The maximum Gasteiger partial charge on any atom is 0.312 e. The van der Waals surface area contributed by atoms with Gasteiger partial charge in [0.15, 0.2) is 0 Å². The molecule has 0 unspecified atom stereocenters. The van der Waals surface area contributed by atoms with E-state index in [9.17, 15) is 9.59 Å². The smallest absolute Gasteiger partial charge is 0.312 e. The van der Waals surface area contributed by atoms with Crippen LogP contribution in [0.2, 0.25) is 0 Å². The van der Waals surface area contributed by atoms with E-state index in [-0.39, 0.29) is 48.3 Å². The van der Waals surface area contributed by atoms with Crippen molar-refractivity contribution in [1.29, 1.82) is 0 Å². The predicted molar refractivity (Wildman–Crippen MR) is 128 cm³/mol. The second-order valence-corrected chi connectivity index (χ2v) is 8.41. The molecule has 0 aromatic heterocycles. The van der Waals surface area contributed by atoms with Crippen LogP contribution in [0.3, 0.4) is 0 Å². The minimum atomic E-state index is -0.981. The fourth-order valence-corrected chi connectivity index (χ4v) is 3.14. The molecule has 0 aliphatic heterocycles. The van der Waals surface area contributed by atoms with Gasteiger partial charge >= 0.3 is 11.9 Å². The number of ether oxygens (including phenoxy) is 2. The standard InChI is InChI=1S/C22H32O4.4CH4/c1-21(2,19(23)25-15-17-11-7-5-8-12-17)22(3,4)20(24)26-16-18-13-9-6-10-14-18;;;;/h5,7-8,11-12,18H,6,9-10,13-16H2,1-4H3;4*1H4. The fraction of sp³-hybridized carbons (Fsp3) is 0.692. The molecule has 0 amide bonds. The van der Waals surface area contributed by atoms with Gasteiger partial charge in [0.25, 0.3) is 0 Å². The minimum Gasteiger partial charge on any atom is -0.465 e. The van der Waals surface area contributed by atoms with Crippen LogP contribution >= 0.6 is 0 Å². The monoisotopic (exact) mass is 424 g/mol. The van der Waals surface area contributed by atoms with Crippen LogP contribution in [-0.2, 0) is 25.7 Å². The van der Waals surface area contributed by atoms with E-state index in [1.54, 1.807) is 27.7 Å². The average Bonchev–Trinajstić information content (AvgIpc) is 2.65. The van der Waals surface area contributed by atoms with Crippen LogP contribution in [0.25, 0.3) is 0 Å². The summed E-state index contributed by atoms with van der Waals surface area (Å²) in [4.78, 5) is 25.4. The highest BCUT2D eigenvalue weighted by Crippen LogP contribution is 2.41. The van der Waals surface area contributed by atoms with Gasteiger partial charge in [-0.05, 0) is 52.0 Å². The number of hydrogen-bond acceptors (Lipinski definition) is 4. The highest BCUT2D eigenvalue weighted by molar-refractivity contribution is 5.87. The van der Waals surface area contributed by atoms with Crippen molar-refractivity contribution in [2.75, 3.05) is 6.61 Å². The van der Waals surface area contributed by atoms with Gasteiger partial charge in [0.1, 0.15) is 6.61 Å². The Balaban J connectivity index is -0.00000182. The van der Waals surface area contributed by atoms with Crippen LogP contribution in [-0.4, -0.2) is 18.5 Å². The summed E-state index contributed by atoms with van der Waals surface area (Å²) in [6, 6.07) is 9.54. The molecule has 1 aliphatic carbocycles. The van der Waals surface area contributed by atoms with Gasteiger partial charge in [-0.15, -0.1) is 0 Å². The van der Waals surface area contributed by atoms with Crippen molar-refractivity contribution >= 4 is 11.9 Å². The highest BCUT2D eigenvalue weighted by atomic mass is 16.5. The van der Waals surface area contributed by atoms with Crippen LogP contribution in [0.4, 0.5) is 0 Å². The quantitative estimate of drug-likeness (QED) is 0.426. The molecular weight excluding hydrogens is 376 g/mol. The lowest BCUT2D eigenvalue weighted by atomic mass is 9.68. The summed E-state index contributed by atoms with van der Waals surface area (Å²) in [5.41, 5.74) is -1.02. The third kappa shape index (κ3) is 8.12. The molecule has 1 fully saturated rings. The van der Waals surface area contributed by atoms with E-state index in [0.29, 0.717) is 12.5 Å². The maximum absolute atomic E-state index is 12.7. The summed E-state index contributed by atoms with van der Waals surface area (Å²) < 4.78 is 11.1. The molecule has 1 aromatic rings. The lowest BCUT2D eigenvalue weighted by Crippen LogP contribution is -2.47. The lowest BCUT2D eigenvalue weighted by molar-refractivity contribution is -0.177. The first kappa shape index (κ1) is 32.8. The Morgan fingerprint density at radius 1 is 0.800 bits per heavy atom. The molecule has 1 saturated carbocycles. The zero-order valence-electron chi connectivity index (χ0n) is 16.5.